The molecular weight excluding hydrogens is 170 g/mol. The van der Waals surface area contributed by atoms with Crippen molar-refractivity contribution in [3.05, 3.63) is 0 Å². The van der Waals surface area contributed by atoms with Gasteiger partial charge in [-0.1, -0.05) is 0 Å². The molecule has 0 amide bonds. The third kappa shape index (κ3) is 3.78. The van der Waals surface area contributed by atoms with Crippen molar-refractivity contribution in [3.63, 3.8) is 0 Å². The second-order valence-corrected chi connectivity index (χ2v) is 3.92. The molecule has 2 nitrogen and oxygen atoms in total. The lowest BCUT2D eigenvalue weighted by Gasteiger charge is -2.19. The molecule has 1 aliphatic heterocycles. The first kappa shape index (κ1) is 10.4. The van der Waals surface area contributed by atoms with Gasteiger partial charge in [0.15, 0.2) is 0 Å². The standard InChI is InChI=1S/C9H19NOS/c1-10(5-3-7-12)8-9-4-2-6-11-9/h9,12H,2-8H2,1H3. The lowest BCUT2D eigenvalue weighted by Crippen LogP contribution is -2.29. The van der Waals surface area contributed by atoms with Gasteiger partial charge in [0, 0.05) is 13.2 Å². The van der Waals surface area contributed by atoms with Crippen molar-refractivity contribution in [3.8, 4) is 0 Å². The molecule has 12 heavy (non-hydrogen) atoms. The van der Waals surface area contributed by atoms with Gasteiger partial charge < -0.3 is 9.64 Å². The van der Waals surface area contributed by atoms with Crippen LogP contribution in [0.5, 0.6) is 0 Å². The Morgan fingerprint density at radius 2 is 2.42 bits per heavy atom. The van der Waals surface area contributed by atoms with Crippen LogP contribution in [0.2, 0.25) is 0 Å². The zero-order chi connectivity index (χ0) is 8.81. The summed E-state index contributed by atoms with van der Waals surface area (Å²) in [6, 6.07) is 0. The van der Waals surface area contributed by atoms with E-state index in [2.05, 4.69) is 24.6 Å². The summed E-state index contributed by atoms with van der Waals surface area (Å²) in [6.45, 7) is 3.20. The van der Waals surface area contributed by atoms with Gasteiger partial charge in [-0.05, 0) is 38.6 Å². The molecule has 0 aromatic heterocycles. The van der Waals surface area contributed by atoms with E-state index in [1.807, 2.05) is 0 Å². The minimum absolute atomic E-state index is 0.495. The molecule has 1 fully saturated rings. The molecule has 1 aliphatic rings. The highest BCUT2D eigenvalue weighted by Gasteiger charge is 2.16. The first-order valence-corrected chi connectivity index (χ1v) is 5.37. The highest BCUT2D eigenvalue weighted by Crippen LogP contribution is 2.12. The van der Waals surface area contributed by atoms with Crippen LogP contribution in [-0.2, 0) is 4.74 Å². The summed E-state index contributed by atoms with van der Waals surface area (Å²) in [5.74, 6) is 0.982. The molecule has 0 N–H and O–H groups in total. The van der Waals surface area contributed by atoms with E-state index in [-0.39, 0.29) is 0 Å². The van der Waals surface area contributed by atoms with Gasteiger partial charge in [0.2, 0.25) is 0 Å². The largest absolute Gasteiger partial charge is 0.377 e. The monoisotopic (exact) mass is 189 g/mol. The third-order valence-corrected chi connectivity index (χ3v) is 2.55. The van der Waals surface area contributed by atoms with Crippen LogP contribution in [0.4, 0.5) is 0 Å². The molecule has 1 atom stereocenters. The summed E-state index contributed by atoms with van der Waals surface area (Å²) in [6.07, 6.45) is 4.15. The lowest BCUT2D eigenvalue weighted by atomic mass is 10.2. The quantitative estimate of drug-likeness (QED) is 0.657. The van der Waals surface area contributed by atoms with Gasteiger partial charge in [-0.2, -0.15) is 12.6 Å². The van der Waals surface area contributed by atoms with Crippen molar-refractivity contribution in [1.82, 2.24) is 4.90 Å². The second kappa shape index (κ2) is 5.84. The van der Waals surface area contributed by atoms with E-state index in [0.717, 1.165) is 25.4 Å². The molecule has 1 unspecified atom stereocenters. The topological polar surface area (TPSA) is 12.5 Å². The molecule has 0 bridgehead atoms. The summed E-state index contributed by atoms with van der Waals surface area (Å²) in [5, 5.41) is 0. The van der Waals surface area contributed by atoms with Crippen LogP contribution in [0.15, 0.2) is 0 Å². The van der Waals surface area contributed by atoms with Crippen molar-refractivity contribution in [2.24, 2.45) is 0 Å². The molecular formula is C9H19NOS. The zero-order valence-corrected chi connectivity index (χ0v) is 8.72. The summed E-state index contributed by atoms with van der Waals surface area (Å²) in [5.41, 5.74) is 0. The fourth-order valence-electron chi connectivity index (χ4n) is 1.57. The Labute approximate surface area is 80.7 Å². The fraction of sp³-hybridized carbons (Fsp3) is 1.00. The van der Waals surface area contributed by atoms with Crippen molar-refractivity contribution in [2.45, 2.75) is 25.4 Å². The summed E-state index contributed by atoms with van der Waals surface area (Å²) in [7, 11) is 2.16. The van der Waals surface area contributed by atoms with Gasteiger partial charge in [0.25, 0.3) is 0 Å². The van der Waals surface area contributed by atoms with Gasteiger partial charge in [-0.25, -0.2) is 0 Å². The predicted molar refractivity (Wildman–Crippen MR) is 54.9 cm³/mol. The molecule has 0 aliphatic carbocycles. The minimum atomic E-state index is 0.495. The molecule has 72 valence electrons. The van der Waals surface area contributed by atoms with E-state index < -0.39 is 0 Å². The molecule has 1 saturated heterocycles. The van der Waals surface area contributed by atoms with Crippen molar-refractivity contribution in [2.75, 3.05) is 32.5 Å². The molecule has 0 aromatic rings. The average molecular weight is 189 g/mol. The van der Waals surface area contributed by atoms with Crippen molar-refractivity contribution >= 4 is 12.6 Å². The predicted octanol–water partition coefficient (Wildman–Crippen LogP) is 1.42. The lowest BCUT2D eigenvalue weighted by molar-refractivity contribution is 0.0814. The van der Waals surface area contributed by atoms with Crippen LogP contribution in [0, 0.1) is 0 Å². The van der Waals surface area contributed by atoms with E-state index in [0.29, 0.717) is 6.10 Å². The highest BCUT2D eigenvalue weighted by molar-refractivity contribution is 7.80. The van der Waals surface area contributed by atoms with Gasteiger partial charge >= 0.3 is 0 Å². The second-order valence-electron chi connectivity index (χ2n) is 3.47. The Kier molecular flexibility index (Phi) is 5.04. The number of thiol groups is 1. The summed E-state index contributed by atoms with van der Waals surface area (Å²) < 4.78 is 5.54. The Morgan fingerprint density at radius 3 is 3.00 bits per heavy atom. The Balaban J connectivity index is 2.03. The summed E-state index contributed by atoms with van der Waals surface area (Å²) in [4.78, 5) is 2.34. The first-order chi connectivity index (χ1) is 5.83. The number of likely N-dealkylation sites (N-methyl/N-ethyl adjacent to an activating group) is 1. The van der Waals surface area contributed by atoms with Gasteiger partial charge in [-0.3, -0.25) is 0 Å². The Morgan fingerprint density at radius 1 is 1.58 bits per heavy atom. The van der Waals surface area contributed by atoms with E-state index in [1.54, 1.807) is 0 Å². The Hall–Kier alpha value is 0.270. The molecule has 1 rings (SSSR count). The molecule has 0 spiro atoms. The van der Waals surface area contributed by atoms with Crippen LogP contribution >= 0.6 is 12.6 Å². The normalized spacial score (nSPS) is 23.8. The number of hydrogen-bond acceptors (Lipinski definition) is 3. The first-order valence-electron chi connectivity index (χ1n) is 4.74. The SMILES string of the molecule is CN(CCCS)CC1CCCO1. The summed E-state index contributed by atoms with van der Waals surface area (Å²) >= 11 is 4.19. The third-order valence-electron chi connectivity index (χ3n) is 2.24. The highest BCUT2D eigenvalue weighted by atomic mass is 32.1. The maximum atomic E-state index is 5.54. The van der Waals surface area contributed by atoms with Crippen LogP contribution in [-0.4, -0.2) is 43.5 Å². The number of rotatable bonds is 5. The van der Waals surface area contributed by atoms with Gasteiger partial charge in [-0.15, -0.1) is 0 Å². The van der Waals surface area contributed by atoms with E-state index in [4.69, 9.17) is 4.74 Å². The Bertz CT molecular complexity index is 115. The van der Waals surface area contributed by atoms with Crippen LogP contribution in [0.1, 0.15) is 19.3 Å². The molecule has 3 heteroatoms. The van der Waals surface area contributed by atoms with Gasteiger partial charge in [0.05, 0.1) is 6.10 Å². The van der Waals surface area contributed by atoms with Gasteiger partial charge in [0.1, 0.15) is 0 Å². The van der Waals surface area contributed by atoms with Crippen molar-refractivity contribution in [1.29, 1.82) is 0 Å². The molecule has 0 aromatic carbocycles. The maximum absolute atomic E-state index is 5.54. The van der Waals surface area contributed by atoms with Crippen LogP contribution in [0.25, 0.3) is 0 Å². The van der Waals surface area contributed by atoms with Crippen LogP contribution < -0.4 is 0 Å². The smallest absolute Gasteiger partial charge is 0.0702 e. The fourth-order valence-corrected chi connectivity index (χ4v) is 1.71. The number of ether oxygens (including phenoxy) is 1. The zero-order valence-electron chi connectivity index (χ0n) is 7.83. The van der Waals surface area contributed by atoms with E-state index in [9.17, 15) is 0 Å². The van der Waals surface area contributed by atoms with Crippen LogP contribution in [0.3, 0.4) is 0 Å². The van der Waals surface area contributed by atoms with Crippen molar-refractivity contribution < 1.29 is 4.74 Å². The minimum Gasteiger partial charge on any atom is -0.377 e. The maximum Gasteiger partial charge on any atom is 0.0702 e. The van der Waals surface area contributed by atoms with E-state index >= 15 is 0 Å². The number of hydrogen-bond donors (Lipinski definition) is 1. The molecule has 0 radical (unpaired) electrons. The molecule has 0 saturated carbocycles. The van der Waals surface area contributed by atoms with E-state index in [1.165, 1.54) is 19.3 Å². The molecule has 1 heterocycles. The average Bonchev–Trinajstić information content (AvgIpc) is 2.53. The number of nitrogens with zero attached hydrogens (tertiary/aromatic N) is 1.